The van der Waals surface area contributed by atoms with Gasteiger partial charge in [-0.05, 0) is 18.2 Å². The van der Waals surface area contributed by atoms with Crippen LogP contribution in [0.1, 0.15) is 28.8 Å². The third-order valence-electron chi connectivity index (χ3n) is 5.03. The van der Waals surface area contributed by atoms with Crippen molar-refractivity contribution in [3.63, 3.8) is 0 Å². The summed E-state index contributed by atoms with van der Waals surface area (Å²) in [6.07, 6.45) is 1.50. The summed E-state index contributed by atoms with van der Waals surface area (Å²) in [5.41, 5.74) is 1.53. The first-order valence-electron chi connectivity index (χ1n) is 8.41. The monoisotopic (exact) mass is 359 g/mol. The predicted molar refractivity (Wildman–Crippen MR) is 96.2 cm³/mol. The lowest BCUT2D eigenvalue weighted by molar-refractivity contribution is 0.0821. The standard InChI is InChI=1S/C19H19ClFN3O/c20-14-5-3-7-16-17(14)18(25)23-19(22-16)8-10-24(11-9-19)12-13-4-1-2-6-15(13)21/h1-7,22H,8-12H2,(H,23,25). The Hall–Kier alpha value is -2.11. The number of halogens is 2. The zero-order valence-electron chi connectivity index (χ0n) is 13.7. The topological polar surface area (TPSA) is 44.4 Å². The molecule has 0 unspecified atom stereocenters. The van der Waals surface area contributed by atoms with Crippen LogP contribution in [0.25, 0.3) is 0 Å². The first kappa shape index (κ1) is 16.4. The van der Waals surface area contributed by atoms with E-state index in [4.69, 9.17) is 11.6 Å². The van der Waals surface area contributed by atoms with Gasteiger partial charge in [0, 0.05) is 38.0 Å². The maximum Gasteiger partial charge on any atom is 0.256 e. The van der Waals surface area contributed by atoms with E-state index in [0.29, 0.717) is 22.7 Å². The van der Waals surface area contributed by atoms with Gasteiger partial charge in [0.05, 0.1) is 16.3 Å². The molecule has 2 aliphatic rings. The maximum absolute atomic E-state index is 13.8. The summed E-state index contributed by atoms with van der Waals surface area (Å²) in [6, 6.07) is 12.3. The first-order chi connectivity index (χ1) is 12.1. The van der Waals surface area contributed by atoms with E-state index in [9.17, 15) is 9.18 Å². The average Bonchev–Trinajstić information content (AvgIpc) is 2.59. The Morgan fingerprint density at radius 2 is 1.84 bits per heavy atom. The number of hydrogen-bond acceptors (Lipinski definition) is 3. The number of rotatable bonds is 2. The van der Waals surface area contributed by atoms with Crippen LogP contribution in [0.3, 0.4) is 0 Å². The number of piperidine rings is 1. The molecule has 0 radical (unpaired) electrons. The average molecular weight is 360 g/mol. The van der Waals surface area contributed by atoms with E-state index in [1.54, 1.807) is 12.1 Å². The number of amides is 1. The Labute approximate surface area is 151 Å². The molecule has 2 aromatic rings. The molecule has 1 amide bonds. The van der Waals surface area contributed by atoms with Gasteiger partial charge in [-0.25, -0.2) is 4.39 Å². The van der Waals surface area contributed by atoms with E-state index in [0.717, 1.165) is 31.6 Å². The van der Waals surface area contributed by atoms with Crippen LogP contribution in [-0.2, 0) is 6.54 Å². The summed E-state index contributed by atoms with van der Waals surface area (Å²) in [6.45, 7) is 2.13. The van der Waals surface area contributed by atoms with Crippen molar-refractivity contribution in [3.8, 4) is 0 Å². The lowest BCUT2D eigenvalue weighted by Gasteiger charge is -2.46. The number of anilines is 1. The summed E-state index contributed by atoms with van der Waals surface area (Å²) >= 11 is 6.15. The van der Waals surface area contributed by atoms with E-state index in [2.05, 4.69) is 15.5 Å². The minimum Gasteiger partial charge on any atom is -0.362 e. The number of benzene rings is 2. The molecule has 2 N–H and O–H groups in total. The third-order valence-corrected chi connectivity index (χ3v) is 5.34. The number of carbonyl (C=O) groups is 1. The van der Waals surface area contributed by atoms with Crippen LogP contribution in [0.15, 0.2) is 42.5 Å². The van der Waals surface area contributed by atoms with Gasteiger partial charge in [0.15, 0.2) is 0 Å². The molecule has 25 heavy (non-hydrogen) atoms. The van der Waals surface area contributed by atoms with E-state index < -0.39 is 5.66 Å². The molecular weight excluding hydrogens is 341 g/mol. The zero-order chi connectivity index (χ0) is 17.4. The molecular formula is C19H19ClFN3O. The van der Waals surface area contributed by atoms with Gasteiger partial charge >= 0.3 is 0 Å². The van der Waals surface area contributed by atoms with Crippen LogP contribution in [0.4, 0.5) is 10.1 Å². The van der Waals surface area contributed by atoms with Crippen molar-refractivity contribution in [3.05, 3.63) is 64.4 Å². The second kappa shape index (κ2) is 6.32. The summed E-state index contributed by atoms with van der Waals surface area (Å²) in [4.78, 5) is 14.7. The molecule has 0 saturated carbocycles. The number of nitrogens with zero attached hydrogens (tertiary/aromatic N) is 1. The van der Waals surface area contributed by atoms with Gasteiger partial charge in [-0.3, -0.25) is 9.69 Å². The van der Waals surface area contributed by atoms with Crippen molar-refractivity contribution in [2.24, 2.45) is 0 Å². The second-order valence-electron chi connectivity index (χ2n) is 6.69. The van der Waals surface area contributed by atoms with Crippen LogP contribution in [0.5, 0.6) is 0 Å². The molecule has 2 aromatic carbocycles. The fourth-order valence-electron chi connectivity index (χ4n) is 3.64. The minimum absolute atomic E-state index is 0.137. The number of nitrogens with one attached hydrogen (secondary N) is 2. The Balaban J connectivity index is 1.47. The van der Waals surface area contributed by atoms with Gasteiger partial charge in [-0.2, -0.15) is 0 Å². The normalized spacial score (nSPS) is 19.2. The number of carbonyl (C=O) groups excluding carboxylic acids is 1. The van der Waals surface area contributed by atoms with Gasteiger partial charge < -0.3 is 10.6 Å². The highest BCUT2D eigenvalue weighted by Crippen LogP contribution is 2.34. The van der Waals surface area contributed by atoms with Gasteiger partial charge in [0.1, 0.15) is 11.5 Å². The van der Waals surface area contributed by atoms with Crippen LogP contribution in [0, 0.1) is 5.82 Å². The van der Waals surface area contributed by atoms with Crippen LogP contribution >= 0.6 is 11.6 Å². The molecule has 0 aromatic heterocycles. The molecule has 130 valence electrons. The third kappa shape index (κ3) is 3.10. The minimum atomic E-state index is -0.458. The smallest absolute Gasteiger partial charge is 0.256 e. The van der Waals surface area contributed by atoms with Crippen LogP contribution in [-0.4, -0.2) is 29.6 Å². The van der Waals surface area contributed by atoms with Crippen LogP contribution in [0.2, 0.25) is 5.02 Å². The summed E-state index contributed by atoms with van der Waals surface area (Å²) in [7, 11) is 0. The van der Waals surface area contributed by atoms with Crippen molar-refractivity contribution in [2.45, 2.75) is 25.0 Å². The van der Waals surface area contributed by atoms with E-state index in [1.165, 1.54) is 6.07 Å². The number of likely N-dealkylation sites (tertiary alicyclic amines) is 1. The highest BCUT2D eigenvalue weighted by molar-refractivity contribution is 6.34. The molecule has 2 heterocycles. The van der Waals surface area contributed by atoms with Crippen molar-refractivity contribution in [1.29, 1.82) is 0 Å². The fourth-order valence-corrected chi connectivity index (χ4v) is 3.90. The van der Waals surface area contributed by atoms with Gasteiger partial charge in [0.2, 0.25) is 0 Å². The molecule has 4 rings (SSSR count). The van der Waals surface area contributed by atoms with Crippen LogP contribution < -0.4 is 10.6 Å². The molecule has 1 saturated heterocycles. The van der Waals surface area contributed by atoms with Crippen molar-refractivity contribution >= 4 is 23.2 Å². The Morgan fingerprint density at radius 3 is 2.60 bits per heavy atom. The Kier molecular flexibility index (Phi) is 4.13. The van der Waals surface area contributed by atoms with Gasteiger partial charge in [-0.1, -0.05) is 35.9 Å². The Morgan fingerprint density at radius 1 is 1.08 bits per heavy atom. The molecule has 0 aliphatic carbocycles. The molecule has 2 aliphatic heterocycles. The molecule has 1 fully saturated rings. The first-order valence-corrected chi connectivity index (χ1v) is 8.79. The summed E-state index contributed by atoms with van der Waals surface area (Å²) in [5, 5.41) is 7.00. The van der Waals surface area contributed by atoms with Crippen molar-refractivity contribution in [2.75, 3.05) is 18.4 Å². The SMILES string of the molecule is O=C1NC2(CCN(Cc3ccccc3F)CC2)Nc2cccc(Cl)c21. The Bertz CT molecular complexity index is 818. The van der Waals surface area contributed by atoms with Gasteiger partial charge in [-0.15, -0.1) is 0 Å². The molecule has 4 nitrogen and oxygen atoms in total. The lowest BCUT2D eigenvalue weighted by Crippen LogP contribution is -2.62. The lowest BCUT2D eigenvalue weighted by atomic mass is 9.92. The maximum atomic E-state index is 13.8. The summed E-state index contributed by atoms with van der Waals surface area (Å²) in [5.74, 6) is -0.308. The highest BCUT2D eigenvalue weighted by atomic mass is 35.5. The van der Waals surface area contributed by atoms with E-state index in [-0.39, 0.29) is 11.7 Å². The number of fused-ring (bicyclic) bond motifs is 1. The van der Waals surface area contributed by atoms with Gasteiger partial charge in [0.25, 0.3) is 5.91 Å². The molecule has 0 atom stereocenters. The largest absolute Gasteiger partial charge is 0.362 e. The molecule has 6 heteroatoms. The predicted octanol–water partition coefficient (Wildman–Crippen LogP) is 3.63. The number of hydrogen-bond donors (Lipinski definition) is 2. The zero-order valence-corrected chi connectivity index (χ0v) is 14.4. The van der Waals surface area contributed by atoms with Crippen molar-refractivity contribution < 1.29 is 9.18 Å². The second-order valence-corrected chi connectivity index (χ2v) is 7.10. The summed E-state index contributed by atoms with van der Waals surface area (Å²) < 4.78 is 13.8. The highest BCUT2D eigenvalue weighted by Gasteiger charge is 2.40. The van der Waals surface area contributed by atoms with E-state index in [1.807, 2.05) is 24.3 Å². The molecule has 0 bridgehead atoms. The molecule has 1 spiro atoms. The van der Waals surface area contributed by atoms with Crippen molar-refractivity contribution in [1.82, 2.24) is 10.2 Å². The van der Waals surface area contributed by atoms with E-state index >= 15 is 0 Å². The fraction of sp³-hybridized carbons (Fsp3) is 0.316. The quantitative estimate of drug-likeness (QED) is 0.860.